The number of guanidine groups is 1. The SMILES string of the molecule is CN=C(NCCC(=O)NC(C)C)NCc1ccc(OC)cc1OC. The smallest absolute Gasteiger partial charge is 0.221 e. The monoisotopic (exact) mass is 336 g/mol. The van der Waals surface area contributed by atoms with Crippen LogP contribution >= 0.6 is 0 Å². The van der Waals surface area contributed by atoms with Crippen LogP contribution in [0.15, 0.2) is 23.2 Å². The van der Waals surface area contributed by atoms with Gasteiger partial charge in [-0.15, -0.1) is 0 Å². The van der Waals surface area contributed by atoms with Crippen molar-refractivity contribution < 1.29 is 14.3 Å². The summed E-state index contributed by atoms with van der Waals surface area (Å²) in [4.78, 5) is 15.8. The number of hydrogen-bond acceptors (Lipinski definition) is 4. The second-order valence-electron chi connectivity index (χ2n) is 5.50. The molecule has 0 aliphatic heterocycles. The standard InChI is InChI=1S/C17H28N4O3/c1-12(2)21-16(22)8-9-19-17(18-3)20-11-13-6-7-14(23-4)10-15(13)24-5/h6-7,10,12H,8-9,11H2,1-5H3,(H,21,22)(H2,18,19,20). The Kier molecular flexibility index (Phi) is 8.46. The first-order valence-electron chi connectivity index (χ1n) is 7.95. The summed E-state index contributed by atoms with van der Waals surface area (Å²) in [5.41, 5.74) is 0.985. The normalized spacial score (nSPS) is 11.2. The van der Waals surface area contributed by atoms with Crippen LogP contribution in [0.4, 0.5) is 0 Å². The average molecular weight is 336 g/mol. The van der Waals surface area contributed by atoms with Gasteiger partial charge in [0, 0.05) is 44.2 Å². The predicted octanol–water partition coefficient (Wildman–Crippen LogP) is 1.28. The molecule has 0 fully saturated rings. The van der Waals surface area contributed by atoms with Gasteiger partial charge in [0.15, 0.2) is 5.96 Å². The average Bonchev–Trinajstić information content (AvgIpc) is 2.57. The number of amides is 1. The number of carbonyl (C=O) groups excluding carboxylic acids is 1. The van der Waals surface area contributed by atoms with Gasteiger partial charge in [0.25, 0.3) is 0 Å². The third kappa shape index (κ3) is 6.76. The summed E-state index contributed by atoms with van der Waals surface area (Å²) in [7, 11) is 4.93. The highest BCUT2D eigenvalue weighted by Gasteiger charge is 2.07. The van der Waals surface area contributed by atoms with Crippen molar-refractivity contribution in [3.8, 4) is 11.5 Å². The lowest BCUT2D eigenvalue weighted by atomic mass is 10.2. The molecule has 0 heterocycles. The third-order valence-electron chi connectivity index (χ3n) is 3.26. The summed E-state index contributed by atoms with van der Waals surface area (Å²) in [5.74, 6) is 2.14. The topological polar surface area (TPSA) is 84.0 Å². The van der Waals surface area contributed by atoms with Crippen molar-refractivity contribution in [1.82, 2.24) is 16.0 Å². The fraction of sp³-hybridized carbons (Fsp3) is 0.529. The highest BCUT2D eigenvalue weighted by molar-refractivity contribution is 5.81. The molecule has 1 rings (SSSR count). The van der Waals surface area contributed by atoms with Gasteiger partial charge in [-0.25, -0.2) is 0 Å². The van der Waals surface area contributed by atoms with Crippen molar-refractivity contribution in [2.75, 3.05) is 27.8 Å². The molecule has 0 spiro atoms. The quantitative estimate of drug-likeness (QED) is 0.492. The minimum absolute atomic E-state index is 0.0183. The number of carbonyl (C=O) groups is 1. The number of nitrogens with zero attached hydrogens (tertiary/aromatic N) is 1. The van der Waals surface area contributed by atoms with E-state index in [1.807, 2.05) is 32.0 Å². The van der Waals surface area contributed by atoms with Gasteiger partial charge in [-0.2, -0.15) is 0 Å². The molecule has 0 saturated carbocycles. The number of nitrogens with one attached hydrogen (secondary N) is 3. The summed E-state index contributed by atoms with van der Waals surface area (Å²) in [6.07, 6.45) is 0.394. The second-order valence-corrected chi connectivity index (χ2v) is 5.50. The zero-order valence-electron chi connectivity index (χ0n) is 15.1. The maximum Gasteiger partial charge on any atom is 0.221 e. The highest BCUT2D eigenvalue weighted by Crippen LogP contribution is 2.24. The Labute approximate surface area is 143 Å². The van der Waals surface area contributed by atoms with E-state index in [1.165, 1.54) is 0 Å². The van der Waals surface area contributed by atoms with Gasteiger partial charge in [-0.3, -0.25) is 9.79 Å². The fourth-order valence-electron chi connectivity index (χ4n) is 2.09. The molecule has 0 aliphatic carbocycles. The molecule has 3 N–H and O–H groups in total. The lowest BCUT2D eigenvalue weighted by molar-refractivity contribution is -0.121. The molecule has 0 aliphatic rings. The van der Waals surface area contributed by atoms with Crippen molar-refractivity contribution in [2.24, 2.45) is 4.99 Å². The number of aliphatic imine (C=N–C) groups is 1. The Morgan fingerprint density at radius 1 is 1.21 bits per heavy atom. The van der Waals surface area contributed by atoms with E-state index < -0.39 is 0 Å². The van der Waals surface area contributed by atoms with Crippen LogP contribution in [-0.2, 0) is 11.3 Å². The molecule has 0 aromatic heterocycles. The van der Waals surface area contributed by atoms with Crippen LogP contribution in [0, 0.1) is 0 Å². The van der Waals surface area contributed by atoms with Crippen LogP contribution in [0.5, 0.6) is 11.5 Å². The van der Waals surface area contributed by atoms with Gasteiger partial charge in [-0.1, -0.05) is 0 Å². The second kappa shape index (κ2) is 10.4. The maximum atomic E-state index is 11.6. The molecule has 7 nitrogen and oxygen atoms in total. The Bertz CT molecular complexity index is 559. The summed E-state index contributed by atoms with van der Waals surface area (Å²) in [6, 6.07) is 5.81. The molecule has 1 aromatic carbocycles. The zero-order valence-corrected chi connectivity index (χ0v) is 15.1. The van der Waals surface area contributed by atoms with Gasteiger partial charge in [0.1, 0.15) is 11.5 Å². The summed E-state index contributed by atoms with van der Waals surface area (Å²) in [5, 5.41) is 9.17. The molecule has 1 amide bonds. The Balaban J connectivity index is 2.48. The van der Waals surface area contributed by atoms with E-state index >= 15 is 0 Å². The van der Waals surface area contributed by atoms with Crippen molar-refractivity contribution in [3.05, 3.63) is 23.8 Å². The molecule has 7 heteroatoms. The van der Waals surface area contributed by atoms with Crippen LogP contribution in [0.25, 0.3) is 0 Å². The molecule has 0 atom stereocenters. The Morgan fingerprint density at radius 3 is 2.54 bits per heavy atom. The van der Waals surface area contributed by atoms with Crippen molar-refractivity contribution in [2.45, 2.75) is 32.9 Å². The molecule has 0 bridgehead atoms. The summed E-state index contributed by atoms with van der Waals surface area (Å²) >= 11 is 0. The summed E-state index contributed by atoms with van der Waals surface area (Å²) < 4.78 is 10.6. The Hall–Kier alpha value is -2.44. The van der Waals surface area contributed by atoms with Crippen LogP contribution in [-0.4, -0.2) is 45.7 Å². The number of ether oxygens (including phenoxy) is 2. The molecule has 0 radical (unpaired) electrons. The van der Waals surface area contributed by atoms with E-state index in [0.717, 1.165) is 17.1 Å². The predicted molar refractivity (Wildman–Crippen MR) is 95.6 cm³/mol. The third-order valence-corrected chi connectivity index (χ3v) is 3.26. The van der Waals surface area contributed by atoms with Crippen molar-refractivity contribution in [3.63, 3.8) is 0 Å². The van der Waals surface area contributed by atoms with E-state index in [4.69, 9.17) is 9.47 Å². The van der Waals surface area contributed by atoms with Gasteiger partial charge in [0.05, 0.1) is 14.2 Å². The number of methoxy groups -OCH3 is 2. The van der Waals surface area contributed by atoms with E-state index in [2.05, 4.69) is 20.9 Å². The van der Waals surface area contributed by atoms with Crippen molar-refractivity contribution >= 4 is 11.9 Å². The van der Waals surface area contributed by atoms with Gasteiger partial charge >= 0.3 is 0 Å². The van der Waals surface area contributed by atoms with Gasteiger partial charge in [0.2, 0.25) is 5.91 Å². The van der Waals surface area contributed by atoms with E-state index in [1.54, 1.807) is 21.3 Å². The van der Waals surface area contributed by atoms with Crippen LogP contribution < -0.4 is 25.4 Å². The molecule has 0 unspecified atom stereocenters. The highest BCUT2D eigenvalue weighted by atomic mass is 16.5. The number of benzene rings is 1. The van der Waals surface area contributed by atoms with E-state index in [0.29, 0.717) is 25.5 Å². The number of rotatable bonds is 8. The lowest BCUT2D eigenvalue weighted by Gasteiger charge is -2.14. The lowest BCUT2D eigenvalue weighted by Crippen LogP contribution is -2.39. The first kappa shape index (κ1) is 19.6. The van der Waals surface area contributed by atoms with Gasteiger partial charge in [-0.05, 0) is 26.0 Å². The fourth-order valence-corrected chi connectivity index (χ4v) is 2.09. The molecule has 1 aromatic rings. The first-order valence-corrected chi connectivity index (χ1v) is 7.95. The molecular formula is C17H28N4O3. The van der Waals surface area contributed by atoms with Crippen molar-refractivity contribution in [1.29, 1.82) is 0 Å². The minimum atomic E-state index is 0.0183. The zero-order chi connectivity index (χ0) is 17.9. The molecular weight excluding hydrogens is 308 g/mol. The van der Waals surface area contributed by atoms with Crippen LogP contribution in [0.2, 0.25) is 0 Å². The van der Waals surface area contributed by atoms with Crippen LogP contribution in [0.1, 0.15) is 25.8 Å². The molecule has 24 heavy (non-hydrogen) atoms. The summed E-state index contributed by atoms with van der Waals surface area (Å²) in [6.45, 7) is 4.94. The molecule has 134 valence electrons. The number of hydrogen-bond donors (Lipinski definition) is 3. The maximum absolute atomic E-state index is 11.6. The van der Waals surface area contributed by atoms with E-state index in [9.17, 15) is 4.79 Å². The minimum Gasteiger partial charge on any atom is -0.497 e. The first-order chi connectivity index (χ1) is 11.5. The van der Waals surface area contributed by atoms with Crippen LogP contribution in [0.3, 0.4) is 0 Å². The van der Waals surface area contributed by atoms with E-state index in [-0.39, 0.29) is 11.9 Å². The largest absolute Gasteiger partial charge is 0.497 e. The molecule has 0 saturated heterocycles. The Morgan fingerprint density at radius 2 is 1.96 bits per heavy atom. The van der Waals surface area contributed by atoms with Gasteiger partial charge < -0.3 is 25.4 Å².